The van der Waals surface area contributed by atoms with E-state index in [2.05, 4.69) is 15.8 Å². The number of nitrogens with zero attached hydrogens (tertiary/aromatic N) is 1. The van der Waals surface area contributed by atoms with Gasteiger partial charge in [-0.15, -0.1) is 0 Å². The first-order valence-electron chi connectivity index (χ1n) is 8.26. The third kappa shape index (κ3) is 3.69. The molecule has 0 amide bonds. The molecule has 2 saturated heterocycles. The number of piperidine rings is 1. The highest BCUT2D eigenvalue weighted by atomic mass is 16.5. The Balaban J connectivity index is 1.56. The number of ether oxygens (including phenoxy) is 1. The minimum atomic E-state index is 0.683. The summed E-state index contributed by atoms with van der Waals surface area (Å²) in [5.41, 5.74) is 3.82. The van der Waals surface area contributed by atoms with Crippen molar-refractivity contribution in [2.24, 2.45) is 5.92 Å². The summed E-state index contributed by atoms with van der Waals surface area (Å²) in [6.45, 7) is 5.08. The number of rotatable bonds is 3. The molecule has 0 bridgehead atoms. The summed E-state index contributed by atoms with van der Waals surface area (Å²) in [6, 6.07) is 1.44. The van der Waals surface area contributed by atoms with Gasteiger partial charge >= 0.3 is 0 Å². The largest absolute Gasteiger partial charge is 0.379 e. The maximum Gasteiger partial charge on any atom is 0.0608 e. The molecule has 4 nitrogen and oxygen atoms in total. The molecule has 0 spiro atoms. The summed E-state index contributed by atoms with van der Waals surface area (Å²) in [4.78, 5) is 0. The van der Waals surface area contributed by atoms with Gasteiger partial charge in [0.1, 0.15) is 0 Å². The molecule has 3 unspecified atom stereocenters. The lowest BCUT2D eigenvalue weighted by molar-refractivity contribution is -0.0100. The van der Waals surface area contributed by atoms with Crippen LogP contribution in [0.25, 0.3) is 0 Å². The Morgan fingerprint density at radius 3 is 2.53 bits per heavy atom. The van der Waals surface area contributed by atoms with E-state index in [0.29, 0.717) is 6.04 Å². The van der Waals surface area contributed by atoms with Crippen molar-refractivity contribution in [3.63, 3.8) is 0 Å². The van der Waals surface area contributed by atoms with Crippen molar-refractivity contribution in [1.29, 1.82) is 0 Å². The highest BCUT2D eigenvalue weighted by molar-refractivity contribution is 4.90. The van der Waals surface area contributed by atoms with Gasteiger partial charge in [0.05, 0.1) is 13.2 Å². The van der Waals surface area contributed by atoms with Crippen LogP contribution >= 0.6 is 0 Å². The van der Waals surface area contributed by atoms with Crippen LogP contribution < -0.4 is 10.7 Å². The van der Waals surface area contributed by atoms with Gasteiger partial charge in [-0.05, 0) is 38.1 Å². The van der Waals surface area contributed by atoms with E-state index >= 15 is 0 Å². The molecular formula is C15H29N3O. The van der Waals surface area contributed by atoms with Gasteiger partial charge in [-0.2, -0.15) is 0 Å². The minimum Gasteiger partial charge on any atom is -0.379 e. The molecule has 19 heavy (non-hydrogen) atoms. The third-order valence-electron chi connectivity index (χ3n) is 5.04. The predicted octanol–water partition coefficient (Wildman–Crippen LogP) is 1.52. The normalized spacial score (nSPS) is 38.2. The highest BCUT2D eigenvalue weighted by Crippen LogP contribution is 2.30. The second kappa shape index (κ2) is 7.02. The SMILES string of the molecule is C1CCC(C2CCCCC2NN2CCOCC2)NC1. The van der Waals surface area contributed by atoms with Crippen LogP contribution in [0.5, 0.6) is 0 Å². The zero-order valence-electron chi connectivity index (χ0n) is 12.1. The Labute approximate surface area is 117 Å². The van der Waals surface area contributed by atoms with Crippen LogP contribution in [0.4, 0.5) is 0 Å². The van der Waals surface area contributed by atoms with E-state index in [1.54, 1.807) is 0 Å². The number of hydrazine groups is 1. The summed E-state index contributed by atoms with van der Waals surface area (Å²) in [6.07, 6.45) is 9.73. The second-order valence-electron chi connectivity index (χ2n) is 6.34. The Morgan fingerprint density at radius 1 is 0.947 bits per heavy atom. The monoisotopic (exact) mass is 267 g/mol. The molecule has 0 aromatic carbocycles. The van der Waals surface area contributed by atoms with Crippen molar-refractivity contribution in [3.05, 3.63) is 0 Å². The zero-order chi connectivity index (χ0) is 12.9. The smallest absolute Gasteiger partial charge is 0.0608 e. The van der Waals surface area contributed by atoms with Gasteiger partial charge in [0, 0.05) is 25.2 Å². The lowest BCUT2D eigenvalue weighted by atomic mass is 9.77. The Morgan fingerprint density at radius 2 is 1.74 bits per heavy atom. The van der Waals surface area contributed by atoms with Crippen LogP contribution in [0, 0.1) is 5.92 Å². The second-order valence-corrected chi connectivity index (χ2v) is 6.34. The Hall–Kier alpha value is -0.160. The lowest BCUT2D eigenvalue weighted by Crippen LogP contribution is -2.57. The van der Waals surface area contributed by atoms with E-state index in [0.717, 1.165) is 38.3 Å². The van der Waals surface area contributed by atoms with Crippen LogP contribution in [0.1, 0.15) is 44.9 Å². The molecule has 3 fully saturated rings. The molecule has 110 valence electrons. The molecule has 3 rings (SSSR count). The molecule has 0 aromatic rings. The van der Waals surface area contributed by atoms with Crippen molar-refractivity contribution in [1.82, 2.24) is 15.8 Å². The molecule has 2 aliphatic heterocycles. The van der Waals surface area contributed by atoms with Gasteiger partial charge in [0.2, 0.25) is 0 Å². The summed E-state index contributed by atoms with van der Waals surface area (Å²) in [5, 5.41) is 6.17. The van der Waals surface area contributed by atoms with E-state index in [9.17, 15) is 0 Å². The number of hydrogen-bond donors (Lipinski definition) is 2. The van der Waals surface area contributed by atoms with Gasteiger partial charge in [-0.1, -0.05) is 19.3 Å². The molecule has 1 saturated carbocycles. The molecule has 2 N–H and O–H groups in total. The Bertz CT molecular complexity index is 262. The molecule has 0 radical (unpaired) electrons. The molecule has 4 heteroatoms. The molecule has 3 atom stereocenters. The number of morpholine rings is 1. The van der Waals surface area contributed by atoms with E-state index in [4.69, 9.17) is 4.74 Å². The molecular weight excluding hydrogens is 238 g/mol. The fourth-order valence-electron chi connectivity index (χ4n) is 3.97. The predicted molar refractivity (Wildman–Crippen MR) is 76.9 cm³/mol. The third-order valence-corrected chi connectivity index (χ3v) is 5.04. The molecule has 2 heterocycles. The maximum absolute atomic E-state index is 5.44. The van der Waals surface area contributed by atoms with Crippen LogP contribution in [-0.2, 0) is 4.74 Å². The highest BCUT2D eigenvalue weighted by Gasteiger charge is 2.33. The van der Waals surface area contributed by atoms with Crippen LogP contribution in [0.2, 0.25) is 0 Å². The van der Waals surface area contributed by atoms with E-state index in [1.807, 2.05) is 0 Å². The van der Waals surface area contributed by atoms with Gasteiger partial charge < -0.3 is 10.1 Å². The topological polar surface area (TPSA) is 36.5 Å². The zero-order valence-corrected chi connectivity index (χ0v) is 12.1. The lowest BCUT2D eigenvalue weighted by Gasteiger charge is -2.42. The average molecular weight is 267 g/mol. The minimum absolute atomic E-state index is 0.683. The summed E-state index contributed by atoms with van der Waals surface area (Å²) < 4.78 is 5.44. The van der Waals surface area contributed by atoms with Gasteiger partial charge in [0.25, 0.3) is 0 Å². The van der Waals surface area contributed by atoms with Crippen molar-refractivity contribution < 1.29 is 4.74 Å². The van der Waals surface area contributed by atoms with E-state index in [-0.39, 0.29) is 0 Å². The standard InChI is InChI=1S/C15H29N3O/c1-2-7-15(17-18-9-11-19-12-10-18)13(5-1)14-6-3-4-8-16-14/h13-17H,1-12H2. The first-order chi connectivity index (χ1) is 9.43. The number of hydrogen-bond acceptors (Lipinski definition) is 4. The first-order valence-corrected chi connectivity index (χ1v) is 8.26. The summed E-state index contributed by atoms with van der Waals surface area (Å²) in [5.74, 6) is 0.830. The molecule has 3 aliphatic rings. The number of nitrogens with one attached hydrogen (secondary N) is 2. The fourth-order valence-corrected chi connectivity index (χ4v) is 3.97. The van der Waals surface area contributed by atoms with Crippen molar-refractivity contribution in [2.75, 3.05) is 32.8 Å². The van der Waals surface area contributed by atoms with Gasteiger partial charge in [-0.25, -0.2) is 5.01 Å². The van der Waals surface area contributed by atoms with Crippen molar-refractivity contribution in [2.45, 2.75) is 57.0 Å². The van der Waals surface area contributed by atoms with Crippen molar-refractivity contribution in [3.8, 4) is 0 Å². The summed E-state index contributed by atoms with van der Waals surface area (Å²) >= 11 is 0. The quantitative estimate of drug-likeness (QED) is 0.813. The van der Waals surface area contributed by atoms with E-state index in [1.165, 1.54) is 51.5 Å². The Kier molecular flexibility index (Phi) is 5.10. The van der Waals surface area contributed by atoms with Crippen molar-refractivity contribution >= 4 is 0 Å². The molecule has 1 aliphatic carbocycles. The average Bonchev–Trinajstić information content (AvgIpc) is 2.50. The molecule has 0 aromatic heterocycles. The summed E-state index contributed by atoms with van der Waals surface area (Å²) in [7, 11) is 0. The van der Waals surface area contributed by atoms with Gasteiger partial charge in [0.15, 0.2) is 0 Å². The fraction of sp³-hybridized carbons (Fsp3) is 1.00. The first kappa shape index (κ1) is 13.8. The maximum atomic E-state index is 5.44. The van der Waals surface area contributed by atoms with Gasteiger partial charge in [-0.3, -0.25) is 5.43 Å². The van der Waals surface area contributed by atoms with E-state index < -0.39 is 0 Å². The van der Waals surface area contributed by atoms with Crippen LogP contribution in [-0.4, -0.2) is 49.9 Å². The van der Waals surface area contributed by atoms with Crippen LogP contribution in [0.3, 0.4) is 0 Å². The van der Waals surface area contributed by atoms with Crippen LogP contribution in [0.15, 0.2) is 0 Å².